The molecule has 0 N–H and O–H groups in total. The van der Waals surface area contributed by atoms with Crippen LogP contribution in [-0.2, 0) is 26.1 Å². The molecule has 2 aromatic heterocycles. The van der Waals surface area contributed by atoms with Gasteiger partial charge in [-0.1, -0.05) is 29.4 Å². The third-order valence-electron chi connectivity index (χ3n) is 5.91. The van der Waals surface area contributed by atoms with Gasteiger partial charge < -0.3 is 18.8 Å². The van der Waals surface area contributed by atoms with Crippen LogP contribution in [0.15, 0.2) is 33.5 Å². The molecule has 1 aromatic carbocycles. The van der Waals surface area contributed by atoms with E-state index in [1.807, 2.05) is 23.6 Å². The topological polar surface area (TPSA) is 99.4 Å². The van der Waals surface area contributed by atoms with E-state index >= 15 is 0 Å². The van der Waals surface area contributed by atoms with Gasteiger partial charge in [0.05, 0.1) is 35.4 Å². The molecule has 1 aliphatic heterocycles. The van der Waals surface area contributed by atoms with Crippen molar-refractivity contribution in [1.29, 1.82) is 0 Å². The lowest BCUT2D eigenvalue weighted by atomic mass is 10.0. The van der Waals surface area contributed by atoms with Crippen molar-refractivity contribution in [1.82, 2.24) is 8.87 Å². The number of hydrogen-bond acceptors (Lipinski definition) is 8. The molecule has 1 atom stereocenters. The van der Waals surface area contributed by atoms with E-state index in [0.29, 0.717) is 53.2 Å². The summed E-state index contributed by atoms with van der Waals surface area (Å²) in [6, 6.07) is 5.84. The Morgan fingerprint density at radius 3 is 2.58 bits per heavy atom. The number of rotatable bonds is 9. The third kappa shape index (κ3) is 5.48. The standard InChI is InChI=1S/C23H28ClN3O6S3/c1-4-33-12-11-26-16-13-17(31-2)18(32-3)14-19(16)34-23(26)25-22(28)15-7-5-6-10-27(15)36(29,30)21-9-8-20(24)35-21/h8-9,13-15H,4-7,10-12H2,1-3H3. The fourth-order valence-electron chi connectivity index (χ4n) is 4.16. The van der Waals surface area contributed by atoms with Crippen molar-refractivity contribution in [3.05, 3.63) is 33.4 Å². The molecule has 1 saturated heterocycles. The monoisotopic (exact) mass is 573 g/mol. The number of benzene rings is 1. The summed E-state index contributed by atoms with van der Waals surface area (Å²) in [5, 5.41) is 0. The highest BCUT2D eigenvalue weighted by atomic mass is 35.5. The molecule has 4 rings (SSSR count). The molecule has 0 radical (unpaired) electrons. The van der Waals surface area contributed by atoms with E-state index in [9.17, 15) is 13.2 Å². The Bertz CT molecular complexity index is 1410. The Hall–Kier alpha value is -1.96. The average molecular weight is 574 g/mol. The number of fused-ring (bicyclic) bond motifs is 1. The number of aromatic nitrogens is 1. The number of thiophene rings is 1. The zero-order valence-electron chi connectivity index (χ0n) is 20.2. The van der Waals surface area contributed by atoms with Crippen LogP contribution in [0, 0.1) is 0 Å². The normalized spacial score (nSPS) is 17.6. The highest BCUT2D eigenvalue weighted by Gasteiger charge is 2.38. The van der Waals surface area contributed by atoms with Gasteiger partial charge in [0.1, 0.15) is 10.3 Å². The van der Waals surface area contributed by atoms with Crippen molar-refractivity contribution in [3.8, 4) is 11.5 Å². The summed E-state index contributed by atoms with van der Waals surface area (Å²) in [6.07, 6.45) is 1.83. The van der Waals surface area contributed by atoms with E-state index in [-0.39, 0.29) is 10.8 Å². The van der Waals surface area contributed by atoms with Crippen molar-refractivity contribution in [2.24, 2.45) is 4.99 Å². The van der Waals surface area contributed by atoms with Gasteiger partial charge in [-0.25, -0.2) is 8.42 Å². The number of sulfonamides is 1. The van der Waals surface area contributed by atoms with E-state index in [1.165, 1.54) is 21.7 Å². The summed E-state index contributed by atoms with van der Waals surface area (Å²) < 4.78 is 47.6. The van der Waals surface area contributed by atoms with Gasteiger partial charge in [0.2, 0.25) is 0 Å². The van der Waals surface area contributed by atoms with Crippen LogP contribution in [0.3, 0.4) is 0 Å². The highest BCUT2D eigenvalue weighted by molar-refractivity contribution is 7.91. The second kappa shape index (κ2) is 11.6. The van der Waals surface area contributed by atoms with Crippen LogP contribution in [0.25, 0.3) is 10.2 Å². The van der Waals surface area contributed by atoms with Gasteiger partial charge in [-0.05, 0) is 31.9 Å². The molecule has 3 aromatic rings. The Balaban J connectivity index is 1.76. The third-order valence-corrected chi connectivity index (χ3v) is 10.6. The fraction of sp³-hybridized carbons (Fsp3) is 0.478. The van der Waals surface area contributed by atoms with Crippen LogP contribution in [0.1, 0.15) is 26.2 Å². The first kappa shape index (κ1) is 27.1. The van der Waals surface area contributed by atoms with E-state index in [1.54, 1.807) is 20.3 Å². The molecular formula is C23H28ClN3O6S3. The number of piperidine rings is 1. The van der Waals surface area contributed by atoms with Gasteiger partial charge in [0, 0.05) is 31.8 Å². The molecule has 9 nitrogen and oxygen atoms in total. The lowest BCUT2D eigenvalue weighted by Crippen LogP contribution is -2.47. The number of thiazole rings is 1. The first-order valence-electron chi connectivity index (χ1n) is 11.5. The maximum atomic E-state index is 13.5. The maximum absolute atomic E-state index is 13.5. The second-order valence-electron chi connectivity index (χ2n) is 8.04. The number of carbonyl (C=O) groups is 1. The van der Waals surface area contributed by atoms with Crippen LogP contribution in [0.5, 0.6) is 11.5 Å². The molecule has 13 heteroatoms. The average Bonchev–Trinajstić information content (AvgIpc) is 3.46. The fourth-order valence-corrected chi connectivity index (χ4v) is 8.49. The quantitative estimate of drug-likeness (QED) is 0.357. The van der Waals surface area contributed by atoms with Crippen LogP contribution in [0.2, 0.25) is 4.34 Å². The van der Waals surface area contributed by atoms with E-state index in [2.05, 4.69) is 4.99 Å². The largest absolute Gasteiger partial charge is 0.493 e. The minimum atomic E-state index is -3.87. The summed E-state index contributed by atoms with van der Waals surface area (Å²) in [6.45, 7) is 3.64. The molecule has 0 bridgehead atoms. The first-order chi connectivity index (χ1) is 17.3. The molecule has 196 valence electrons. The number of nitrogens with zero attached hydrogens (tertiary/aromatic N) is 3. The van der Waals surface area contributed by atoms with Crippen molar-refractivity contribution in [2.45, 2.75) is 43.0 Å². The van der Waals surface area contributed by atoms with Crippen LogP contribution >= 0.6 is 34.3 Å². The molecule has 0 spiro atoms. The molecule has 1 amide bonds. The summed E-state index contributed by atoms with van der Waals surface area (Å²) >= 11 is 8.30. The zero-order chi connectivity index (χ0) is 25.9. The van der Waals surface area contributed by atoms with E-state index in [0.717, 1.165) is 28.0 Å². The molecule has 36 heavy (non-hydrogen) atoms. The Kier molecular flexibility index (Phi) is 8.74. The predicted octanol–water partition coefficient (Wildman–Crippen LogP) is 4.14. The predicted molar refractivity (Wildman–Crippen MR) is 141 cm³/mol. The maximum Gasteiger partial charge on any atom is 0.266 e. The molecule has 0 saturated carbocycles. The Morgan fingerprint density at radius 1 is 1.17 bits per heavy atom. The summed E-state index contributed by atoms with van der Waals surface area (Å²) in [5.41, 5.74) is 0.824. The second-order valence-corrected chi connectivity index (χ2v) is 12.9. The Morgan fingerprint density at radius 2 is 1.92 bits per heavy atom. The van der Waals surface area contributed by atoms with Crippen LogP contribution in [-0.4, -0.2) is 63.2 Å². The minimum Gasteiger partial charge on any atom is -0.493 e. The number of hydrogen-bond donors (Lipinski definition) is 0. The number of ether oxygens (including phenoxy) is 3. The van der Waals surface area contributed by atoms with Gasteiger partial charge in [0.15, 0.2) is 16.3 Å². The molecule has 3 heterocycles. The SMILES string of the molecule is CCOCCn1c(=NC(=O)C2CCCCN2S(=O)(=O)c2ccc(Cl)s2)sc2cc(OC)c(OC)cc21. The van der Waals surface area contributed by atoms with Gasteiger partial charge in [0.25, 0.3) is 15.9 Å². The minimum absolute atomic E-state index is 0.125. The number of halogens is 1. The van der Waals surface area contributed by atoms with Crippen LogP contribution < -0.4 is 14.3 Å². The van der Waals surface area contributed by atoms with Gasteiger partial charge in [-0.2, -0.15) is 9.30 Å². The van der Waals surface area contributed by atoms with Gasteiger partial charge >= 0.3 is 0 Å². The lowest BCUT2D eigenvalue weighted by Gasteiger charge is -2.31. The van der Waals surface area contributed by atoms with Crippen molar-refractivity contribution >= 4 is 60.4 Å². The van der Waals surface area contributed by atoms with Crippen molar-refractivity contribution in [3.63, 3.8) is 0 Å². The number of methoxy groups -OCH3 is 2. The van der Waals surface area contributed by atoms with Gasteiger partial charge in [-0.3, -0.25) is 4.79 Å². The number of carbonyl (C=O) groups excluding carboxylic acids is 1. The Labute approximate surface area is 222 Å². The molecule has 0 aliphatic carbocycles. The van der Waals surface area contributed by atoms with Crippen molar-refractivity contribution < 1.29 is 27.4 Å². The number of amides is 1. The molecule has 1 fully saturated rings. The summed E-state index contributed by atoms with van der Waals surface area (Å²) in [7, 11) is -0.741. The highest BCUT2D eigenvalue weighted by Crippen LogP contribution is 2.34. The molecule has 1 aliphatic rings. The van der Waals surface area contributed by atoms with E-state index in [4.69, 9.17) is 25.8 Å². The van der Waals surface area contributed by atoms with Crippen LogP contribution in [0.4, 0.5) is 0 Å². The molecular weight excluding hydrogens is 546 g/mol. The van der Waals surface area contributed by atoms with Crippen molar-refractivity contribution in [2.75, 3.05) is 34.0 Å². The molecule has 1 unspecified atom stereocenters. The van der Waals surface area contributed by atoms with Gasteiger partial charge in [-0.15, -0.1) is 11.3 Å². The lowest BCUT2D eigenvalue weighted by molar-refractivity contribution is -0.122. The smallest absolute Gasteiger partial charge is 0.266 e. The zero-order valence-corrected chi connectivity index (χ0v) is 23.4. The summed E-state index contributed by atoms with van der Waals surface area (Å²) in [5.74, 6) is 0.641. The summed E-state index contributed by atoms with van der Waals surface area (Å²) in [4.78, 5) is 18.4. The van der Waals surface area contributed by atoms with E-state index < -0.39 is 22.0 Å². The first-order valence-corrected chi connectivity index (χ1v) is 14.9.